The molecule has 2 amide bonds. The summed E-state index contributed by atoms with van der Waals surface area (Å²) in [6, 6.07) is 21.5. The Hall–Kier alpha value is -3.85. The van der Waals surface area contributed by atoms with Crippen molar-refractivity contribution in [3.05, 3.63) is 89.5 Å². The minimum atomic E-state index is -3.60. The van der Waals surface area contributed by atoms with Crippen LogP contribution in [0.1, 0.15) is 28.4 Å². The van der Waals surface area contributed by atoms with Crippen molar-refractivity contribution >= 4 is 33.2 Å². The molecule has 172 valence electrons. The Bertz CT molecular complexity index is 1230. The van der Waals surface area contributed by atoms with Crippen LogP contribution in [0.15, 0.2) is 72.8 Å². The van der Waals surface area contributed by atoms with E-state index >= 15 is 0 Å². The Kier molecular flexibility index (Phi) is 7.68. The highest BCUT2D eigenvalue weighted by Gasteiger charge is 2.15. The number of sulfonamides is 1. The van der Waals surface area contributed by atoms with E-state index in [1.807, 2.05) is 54.6 Å². The van der Waals surface area contributed by atoms with Gasteiger partial charge in [-0.3, -0.25) is 14.3 Å². The van der Waals surface area contributed by atoms with Crippen molar-refractivity contribution < 1.29 is 22.7 Å². The molecule has 3 aromatic rings. The predicted molar refractivity (Wildman–Crippen MR) is 128 cm³/mol. The average Bonchev–Trinajstić information content (AvgIpc) is 2.77. The minimum Gasteiger partial charge on any atom is -0.489 e. The number of benzene rings is 3. The number of amides is 2. The third kappa shape index (κ3) is 7.65. The number of hydrogen-bond donors (Lipinski definition) is 3. The molecule has 0 unspecified atom stereocenters. The van der Waals surface area contributed by atoms with Crippen LogP contribution >= 0.6 is 0 Å². The molecule has 0 saturated carbocycles. The first kappa shape index (κ1) is 23.8. The Balaban J connectivity index is 1.65. The van der Waals surface area contributed by atoms with Gasteiger partial charge in [-0.15, -0.1) is 0 Å². The second-order valence-electron chi connectivity index (χ2n) is 7.42. The number of rotatable bonds is 9. The third-order valence-corrected chi connectivity index (χ3v) is 5.10. The predicted octanol–water partition coefficient (Wildman–Crippen LogP) is 3.53. The monoisotopic (exact) mass is 467 g/mol. The third-order valence-electron chi connectivity index (χ3n) is 4.50. The second-order valence-corrected chi connectivity index (χ2v) is 9.17. The van der Waals surface area contributed by atoms with Crippen LogP contribution in [0.4, 0.5) is 11.4 Å². The fourth-order valence-electron chi connectivity index (χ4n) is 3.02. The van der Waals surface area contributed by atoms with Gasteiger partial charge in [0.15, 0.2) is 0 Å². The number of ether oxygens (including phenoxy) is 1. The van der Waals surface area contributed by atoms with E-state index in [0.29, 0.717) is 12.3 Å². The summed E-state index contributed by atoms with van der Waals surface area (Å²) >= 11 is 0. The molecule has 0 radical (unpaired) electrons. The van der Waals surface area contributed by atoms with E-state index in [4.69, 9.17) is 4.74 Å². The van der Waals surface area contributed by atoms with Crippen LogP contribution < -0.4 is 20.1 Å². The van der Waals surface area contributed by atoms with Crippen LogP contribution in [0.5, 0.6) is 5.75 Å². The van der Waals surface area contributed by atoms with Crippen LogP contribution in [0.25, 0.3) is 0 Å². The lowest BCUT2D eigenvalue weighted by Gasteiger charge is -2.13. The van der Waals surface area contributed by atoms with E-state index in [1.54, 1.807) is 0 Å². The molecule has 9 heteroatoms. The summed E-state index contributed by atoms with van der Waals surface area (Å²) in [5.74, 6) is 0.000179. The molecule has 0 aliphatic rings. The number of carbonyl (C=O) groups excluding carboxylic acids is 2. The molecule has 0 fully saturated rings. The Morgan fingerprint density at radius 1 is 0.909 bits per heavy atom. The van der Waals surface area contributed by atoms with Gasteiger partial charge in [0.25, 0.3) is 5.91 Å². The fourth-order valence-corrected chi connectivity index (χ4v) is 3.59. The van der Waals surface area contributed by atoms with Crippen LogP contribution in [-0.4, -0.2) is 26.5 Å². The van der Waals surface area contributed by atoms with E-state index in [0.717, 1.165) is 23.1 Å². The SMILES string of the molecule is CC(=O)Nc1ccc(NS(C)(=O)=O)c(C(=O)NCc2ccc(COc3ccccc3)cc2)c1. The summed E-state index contributed by atoms with van der Waals surface area (Å²) in [4.78, 5) is 24.2. The first-order valence-electron chi connectivity index (χ1n) is 10.1. The van der Waals surface area contributed by atoms with Crippen molar-refractivity contribution in [3.8, 4) is 5.75 Å². The summed E-state index contributed by atoms with van der Waals surface area (Å²) in [5.41, 5.74) is 2.45. The number of carbonyl (C=O) groups is 2. The van der Waals surface area contributed by atoms with E-state index in [9.17, 15) is 18.0 Å². The Morgan fingerprint density at radius 3 is 2.21 bits per heavy atom. The molecule has 0 aliphatic heterocycles. The Morgan fingerprint density at radius 2 is 1.58 bits per heavy atom. The normalized spacial score (nSPS) is 10.8. The Labute approximate surface area is 193 Å². The standard InChI is InChI=1S/C24H25N3O5S/c1-17(28)26-20-12-13-23(27-33(2,30)31)22(14-20)24(29)25-15-18-8-10-19(11-9-18)16-32-21-6-4-3-5-7-21/h3-14,27H,15-16H2,1-2H3,(H,25,29)(H,26,28). The minimum absolute atomic E-state index is 0.0968. The van der Waals surface area contributed by atoms with Crippen LogP contribution in [0.2, 0.25) is 0 Å². The fraction of sp³-hybridized carbons (Fsp3) is 0.167. The molecule has 0 saturated heterocycles. The number of para-hydroxylation sites is 1. The van der Waals surface area contributed by atoms with E-state index in [-0.39, 0.29) is 23.7 Å². The molecule has 0 atom stereocenters. The van der Waals surface area contributed by atoms with Gasteiger partial charge in [-0.25, -0.2) is 8.42 Å². The van der Waals surface area contributed by atoms with Gasteiger partial charge >= 0.3 is 0 Å². The average molecular weight is 468 g/mol. The largest absolute Gasteiger partial charge is 0.489 e. The van der Waals surface area contributed by atoms with Crippen molar-refractivity contribution in [2.75, 3.05) is 16.3 Å². The van der Waals surface area contributed by atoms with E-state index in [1.165, 1.54) is 25.1 Å². The van der Waals surface area contributed by atoms with Gasteiger partial charge in [-0.2, -0.15) is 0 Å². The summed E-state index contributed by atoms with van der Waals surface area (Å²) in [6.45, 7) is 2.01. The number of nitrogens with one attached hydrogen (secondary N) is 3. The number of hydrogen-bond acceptors (Lipinski definition) is 5. The smallest absolute Gasteiger partial charge is 0.253 e. The van der Waals surface area contributed by atoms with Crippen LogP contribution in [-0.2, 0) is 28.0 Å². The molecule has 33 heavy (non-hydrogen) atoms. The first-order chi connectivity index (χ1) is 15.7. The highest BCUT2D eigenvalue weighted by atomic mass is 32.2. The molecule has 0 spiro atoms. The summed E-state index contributed by atoms with van der Waals surface area (Å²) in [5, 5.41) is 5.37. The molecule has 0 bridgehead atoms. The quantitative estimate of drug-likeness (QED) is 0.446. The van der Waals surface area contributed by atoms with Gasteiger partial charge in [0.2, 0.25) is 15.9 Å². The van der Waals surface area contributed by atoms with Crippen molar-refractivity contribution in [1.29, 1.82) is 0 Å². The molecule has 0 heterocycles. The summed E-state index contributed by atoms with van der Waals surface area (Å²) in [6.07, 6.45) is 0.999. The van der Waals surface area contributed by atoms with E-state index < -0.39 is 15.9 Å². The summed E-state index contributed by atoms with van der Waals surface area (Å²) < 4.78 is 31.4. The highest BCUT2D eigenvalue weighted by Crippen LogP contribution is 2.22. The van der Waals surface area contributed by atoms with Gasteiger partial charge in [0, 0.05) is 19.2 Å². The van der Waals surface area contributed by atoms with Crippen LogP contribution in [0, 0.1) is 0 Å². The zero-order valence-corrected chi connectivity index (χ0v) is 19.1. The molecule has 3 N–H and O–H groups in total. The summed E-state index contributed by atoms with van der Waals surface area (Å²) in [7, 11) is -3.60. The van der Waals surface area contributed by atoms with Gasteiger partial charge in [0.1, 0.15) is 12.4 Å². The topological polar surface area (TPSA) is 114 Å². The van der Waals surface area contributed by atoms with Crippen molar-refractivity contribution in [2.45, 2.75) is 20.1 Å². The lowest BCUT2D eigenvalue weighted by molar-refractivity contribution is -0.114. The van der Waals surface area contributed by atoms with Gasteiger partial charge in [-0.1, -0.05) is 42.5 Å². The lowest BCUT2D eigenvalue weighted by atomic mass is 10.1. The molecule has 3 rings (SSSR count). The second kappa shape index (κ2) is 10.6. The zero-order valence-electron chi connectivity index (χ0n) is 18.3. The maximum absolute atomic E-state index is 12.8. The van der Waals surface area contributed by atoms with Gasteiger partial charge in [0.05, 0.1) is 17.5 Å². The zero-order chi connectivity index (χ0) is 23.8. The molecule has 0 aliphatic carbocycles. The highest BCUT2D eigenvalue weighted by molar-refractivity contribution is 7.92. The van der Waals surface area contributed by atoms with Crippen molar-refractivity contribution in [2.24, 2.45) is 0 Å². The maximum Gasteiger partial charge on any atom is 0.253 e. The molecular weight excluding hydrogens is 442 g/mol. The van der Waals surface area contributed by atoms with E-state index in [2.05, 4.69) is 15.4 Å². The molecule has 0 aromatic heterocycles. The van der Waals surface area contributed by atoms with Crippen molar-refractivity contribution in [3.63, 3.8) is 0 Å². The van der Waals surface area contributed by atoms with Crippen molar-refractivity contribution in [1.82, 2.24) is 5.32 Å². The van der Waals surface area contributed by atoms with Gasteiger partial charge in [-0.05, 0) is 41.5 Å². The maximum atomic E-state index is 12.8. The molecule has 8 nitrogen and oxygen atoms in total. The number of anilines is 2. The molecular formula is C24H25N3O5S. The first-order valence-corrected chi connectivity index (χ1v) is 12.0. The van der Waals surface area contributed by atoms with Gasteiger partial charge < -0.3 is 15.4 Å². The van der Waals surface area contributed by atoms with Crippen LogP contribution in [0.3, 0.4) is 0 Å². The molecule has 3 aromatic carbocycles. The lowest BCUT2D eigenvalue weighted by Crippen LogP contribution is -2.25.